The van der Waals surface area contributed by atoms with Gasteiger partial charge in [0.25, 0.3) is 15.9 Å². The first-order chi connectivity index (χ1) is 17.8. The summed E-state index contributed by atoms with van der Waals surface area (Å²) < 4.78 is 34.8. The summed E-state index contributed by atoms with van der Waals surface area (Å²) >= 11 is 7.36. The van der Waals surface area contributed by atoms with E-state index in [1.165, 1.54) is 35.6 Å². The molecule has 192 valence electrons. The largest absolute Gasteiger partial charge is 0.376 e. The third-order valence-corrected chi connectivity index (χ3v) is 8.96. The number of para-hydroxylation sites is 1. The molecule has 4 aromatic rings. The summed E-state index contributed by atoms with van der Waals surface area (Å²) in [5, 5.41) is 1.08. The number of aromatic nitrogens is 1. The van der Waals surface area contributed by atoms with Crippen molar-refractivity contribution in [2.75, 3.05) is 22.8 Å². The first-order valence-corrected chi connectivity index (χ1v) is 14.7. The lowest BCUT2D eigenvalue weighted by Crippen LogP contribution is -2.37. The van der Waals surface area contributed by atoms with E-state index in [1.807, 2.05) is 12.1 Å². The standard InChI is InChI=1S/C27H26ClN3O4S2/c1-2-18-5-3-7-24-25(18)29-27(36-24)31(17-22-6-4-16-35-22)26(32)19-8-12-21(13-9-19)30-37(33,34)23-14-10-20(28)11-15-23/h3,5,7-15,22,30H,2,4,6,16-17H2,1H3. The molecule has 10 heteroatoms. The highest BCUT2D eigenvalue weighted by Crippen LogP contribution is 2.33. The molecular formula is C27H26ClN3O4S2. The van der Waals surface area contributed by atoms with Gasteiger partial charge in [-0.1, -0.05) is 42.0 Å². The van der Waals surface area contributed by atoms with Crippen LogP contribution in [0.1, 0.15) is 35.7 Å². The van der Waals surface area contributed by atoms with Crippen LogP contribution >= 0.6 is 22.9 Å². The number of benzene rings is 3. The first-order valence-electron chi connectivity index (χ1n) is 12.0. The summed E-state index contributed by atoms with van der Waals surface area (Å²) in [4.78, 5) is 20.3. The maximum absolute atomic E-state index is 13.7. The van der Waals surface area contributed by atoms with E-state index in [9.17, 15) is 13.2 Å². The van der Waals surface area contributed by atoms with Gasteiger partial charge in [-0.3, -0.25) is 14.4 Å². The fourth-order valence-electron chi connectivity index (χ4n) is 4.30. The third-order valence-electron chi connectivity index (χ3n) is 6.27. The van der Waals surface area contributed by atoms with Crippen molar-refractivity contribution >= 4 is 59.9 Å². The molecule has 1 fully saturated rings. The second kappa shape index (κ2) is 10.8. The van der Waals surface area contributed by atoms with Crippen LogP contribution in [-0.4, -0.2) is 38.6 Å². The number of halogens is 1. The number of aryl methyl sites for hydroxylation is 1. The highest BCUT2D eigenvalue weighted by atomic mass is 35.5. The Morgan fingerprint density at radius 2 is 1.89 bits per heavy atom. The van der Waals surface area contributed by atoms with E-state index in [0.29, 0.717) is 34.6 Å². The first kappa shape index (κ1) is 25.7. The van der Waals surface area contributed by atoms with Crippen LogP contribution in [0.25, 0.3) is 10.2 Å². The Balaban J connectivity index is 1.41. The van der Waals surface area contributed by atoms with Crippen LogP contribution in [0.15, 0.2) is 71.6 Å². The van der Waals surface area contributed by atoms with Crippen LogP contribution in [0.3, 0.4) is 0 Å². The minimum absolute atomic E-state index is 0.0490. The molecule has 37 heavy (non-hydrogen) atoms. The van der Waals surface area contributed by atoms with Crippen molar-refractivity contribution in [2.45, 2.75) is 37.2 Å². The fraction of sp³-hybridized carbons (Fsp3) is 0.259. The normalized spacial score (nSPS) is 15.7. The van der Waals surface area contributed by atoms with Crippen LogP contribution in [-0.2, 0) is 21.2 Å². The minimum Gasteiger partial charge on any atom is -0.376 e. The van der Waals surface area contributed by atoms with Crippen LogP contribution in [0, 0.1) is 0 Å². The maximum Gasteiger partial charge on any atom is 0.261 e. The predicted molar refractivity (Wildman–Crippen MR) is 148 cm³/mol. The highest BCUT2D eigenvalue weighted by molar-refractivity contribution is 7.92. The van der Waals surface area contributed by atoms with E-state index in [4.69, 9.17) is 21.3 Å². The van der Waals surface area contributed by atoms with Gasteiger partial charge in [0.05, 0.1) is 27.8 Å². The van der Waals surface area contributed by atoms with E-state index in [-0.39, 0.29) is 16.9 Å². The van der Waals surface area contributed by atoms with Crippen LogP contribution < -0.4 is 9.62 Å². The summed E-state index contributed by atoms with van der Waals surface area (Å²) in [5.74, 6) is -0.209. The molecule has 1 unspecified atom stereocenters. The molecule has 2 heterocycles. The maximum atomic E-state index is 13.7. The van der Waals surface area contributed by atoms with E-state index >= 15 is 0 Å². The zero-order chi connectivity index (χ0) is 26.0. The topological polar surface area (TPSA) is 88.6 Å². The number of sulfonamides is 1. The molecule has 0 aliphatic carbocycles. The zero-order valence-electron chi connectivity index (χ0n) is 20.2. The number of amides is 1. The van der Waals surface area contributed by atoms with Gasteiger partial charge in [-0.2, -0.15) is 0 Å². The lowest BCUT2D eigenvalue weighted by molar-refractivity contribution is 0.0917. The second-order valence-corrected chi connectivity index (χ2v) is 11.9. The average Bonchev–Trinajstić information content (AvgIpc) is 3.57. The predicted octanol–water partition coefficient (Wildman–Crippen LogP) is 6.14. The molecular weight excluding hydrogens is 530 g/mol. The van der Waals surface area contributed by atoms with Crippen molar-refractivity contribution in [3.8, 4) is 0 Å². The molecule has 1 aliphatic heterocycles. The number of rotatable bonds is 8. The van der Waals surface area contributed by atoms with E-state index < -0.39 is 10.0 Å². The van der Waals surface area contributed by atoms with Crippen molar-refractivity contribution in [3.63, 3.8) is 0 Å². The van der Waals surface area contributed by atoms with Gasteiger partial charge in [-0.05, 0) is 79.4 Å². The van der Waals surface area contributed by atoms with Crippen LogP contribution in [0.5, 0.6) is 0 Å². The lowest BCUT2D eigenvalue weighted by atomic mass is 10.1. The zero-order valence-corrected chi connectivity index (χ0v) is 22.6. The SMILES string of the molecule is CCc1cccc2sc(N(CC3CCCO3)C(=O)c3ccc(NS(=O)(=O)c4ccc(Cl)cc4)cc3)nc12. The number of carbonyl (C=O) groups excluding carboxylic acids is 1. The van der Waals surface area contributed by atoms with Crippen molar-refractivity contribution < 1.29 is 17.9 Å². The smallest absolute Gasteiger partial charge is 0.261 e. The Kier molecular flexibility index (Phi) is 7.48. The number of carbonyl (C=O) groups is 1. The number of thiazole rings is 1. The number of nitrogens with one attached hydrogen (secondary N) is 1. The van der Waals surface area contributed by atoms with Gasteiger partial charge in [0.2, 0.25) is 0 Å². The number of anilines is 2. The molecule has 7 nitrogen and oxygen atoms in total. The molecule has 1 saturated heterocycles. The molecule has 1 aliphatic rings. The van der Waals surface area contributed by atoms with Gasteiger partial charge < -0.3 is 4.74 Å². The van der Waals surface area contributed by atoms with E-state index in [0.717, 1.165) is 35.0 Å². The number of ether oxygens (including phenoxy) is 1. The quantitative estimate of drug-likeness (QED) is 0.282. The van der Waals surface area contributed by atoms with Crippen molar-refractivity contribution in [2.24, 2.45) is 0 Å². The molecule has 0 bridgehead atoms. The van der Waals surface area contributed by atoms with Gasteiger partial charge in [-0.25, -0.2) is 13.4 Å². The van der Waals surface area contributed by atoms with Gasteiger partial charge in [-0.15, -0.1) is 0 Å². The molecule has 0 saturated carbocycles. The van der Waals surface area contributed by atoms with Crippen LogP contribution in [0.4, 0.5) is 10.8 Å². The summed E-state index contributed by atoms with van der Waals surface area (Å²) in [6, 6.07) is 18.4. The summed E-state index contributed by atoms with van der Waals surface area (Å²) in [7, 11) is -3.79. The minimum atomic E-state index is -3.79. The molecule has 0 spiro atoms. The number of hydrogen-bond donors (Lipinski definition) is 1. The Bertz CT molecular complexity index is 1510. The van der Waals surface area contributed by atoms with Crippen molar-refractivity contribution in [1.82, 2.24) is 4.98 Å². The van der Waals surface area contributed by atoms with Gasteiger partial charge in [0.1, 0.15) is 0 Å². The highest BCUT2D eigenvalue weighted by Gasteiger charge is 2.27. The number of hydrogen-bond acceptors (Lipinski definition) is 6. The van der Waals surface area contributed by atoms with E-state index in [2.05, 4.69) is 17.7 Å². The Hall–Kier alpha value is -2.98. The third kappa shape index (κ3) is 5.65. The molecule has 1 atom stereocenters. The van der Waals surface area contributed by atoms with Crippen molar-refractivity contribution in [1.29, 1.82) is 0 Å². The molecule has 1 N–H and O–H groups in total. The van der Waals surface area contributed by atoms with Crippen LogP contribution in [0.2, 0.25) is 5.02 Å². The van der Waals surface area contributed by atoms with Gasteiger partial charge in [0.15, 0.2) is 5.13 Å². The number of nitrogens with zero attached hydrogens (tertiary/aromatic N) is 2. The monoisotopic (exact) mass is 555 g/mol. The van der Waals surface area contributed by atoms with E-state index in [1.54, 1.807) is 29.2 Å². The van der Waals surface area contributed by atoms with Gasteiger partial charge >= 0.3 is 0 Å². The molecule has 0 radical (unpaired) electrons. The molecule has 5 rings (SSSR count). The molecule has 3 aromatic carbocycles. The summed E-state index contributed by atoms with van der Waals surface area (Å²) in [6.45, 7) is 3.19. The van der Waals surface area contributed by atoms with Crippen molar-refractivity contribution in [3.05, 3.63) is 82.9 Å². The Labute approximate surface area is 225 Å². The molecule has 1 amide bonds. The average molecular weight is 556 g/mol. The van der Waals surface area contributed by atoms with Gasteiger partial charge in [0, 0.05) is 22.9 Å². The number of fused-ring (bicyclic) bond motifs is 1. The molecule has 1 aromatic heterocycles. The fourth-order valence-corrected chi connectivity index (χ4v) is 6.50. The Morgan fingerprint density at radius 3 is 2.57 bits per heavy atom. The Morgan fingerprint density at radius 1 is 1.14 bits per heavy atom. The summed E-state index contributed by atoms with van der Waals surface area (Å²) in [6.07, 6.45) is 2.66. The lowest BCUT2D eigenvalue weighted by Gasteiger charge is -2.23. The summed E-state index contributed by atoms with van der Waals surface area (Å²) in [5.41, 5.74) is 2.84. The second-order valence-electron chi connectivity index (χ2n) is 8.80.